The van der Waals surface area contributed by atoms with Crippen molar-refractivity contribution in [3.8, 4) is 11.5 Å². The summed E-state index contributed by atoms with van der Waals surface area (Å²) in [5.41, 5.74) is 0.193. The summed E-state index contributed by atoms with van der Waals surface area (Å²) >= 11 is 6.82. The molecule has 0 aliphatic carbocycles. The second-order valence-electron chi connectivity index (χ2n) is 5.70. The molecule has 29 heavy (non-hydrogen) atoms. The van der Waals surface area contributed by atoms with E-state index in [-0.39, 0.29) is 27.4 Å². The summed E-state index contributed by atoms with van der Waals surface area (Å²) < 4.78 is 35.7. The monoisotopic (exact) mass is 437 g/mol. The van der Waals surface area contributed by atoms with Crippen LogP contribution in [-0.4, -0.2) is 24.5 Å². The molecule has 0 saturated carbocycles. The zero-order chi connectivity index (χ0) is 21.0. The zero-order valence-electron chi connectivity index (χ0n) is 14.9. The van der Waals surface area contributed by atoms with E-state index in [0.717, 1.165) is 11.3 Å². The van der Waals surface area contributed by atoms with Crippen LogP contribution in [0.5, 0.6) is 11.5 Å². The molecule has 0 radical (unpaired) electrons. The van der Waals surface area contributed by atoms with Gasteiger partial charge in [-0.2, -0.15) is 8.78 Å². The van der Waals surface area contributed by atoms with Crippen molar-refractivity contribution in [2.24, 2.45) is 0 Å². The highest BCUT2D eigenvalue weighted by molar-refractivity contribution is 7.07. The number of nitrogens with one attached hydrogen (secondary N) is 1. The van der Waals surface area contributed by atoms with Crippen LogP contribution in [0.1, 0.15) is 15.9 Å². The number of para-hydroxylation sites is 1. The van der Waals surface area contributed by atoms with Gasteiger partial charge in [-0.05, 0) is 36.4 Å². The fourth-order valence-corrected chi connectivity index (χ4v) is 3.51. The largest absolute Gasteiger partial charge is 0.493 e. The van der Waals surface area contributed by atoms with Gasteiger partial charge in [0.1, 0.15) is 0 Å². The molecule has 3 rings (SSSR count). The summed E-state index contributed by atoms with van der Waals surface area (Å²) in [6, 6.07) is 10.9. The number of rotatable bonds is 6. The molecule has 0 fully saturated rings. The first-order valence-corrected chi connectivity index (χ1v) is 9.41. The highest BCUT2D eigenvalue weighted by Crippen LogP contribution is 2.32. The molecule has 0 unspecified atom stereocenters. The zero-order valence-corrected chi connectivity index (χ0v) is 16.5. The predicted octanol–water partition coefficient (Wildman–Crippen LogP) is 3.19. The maximum absolute atomic E-state index is 12.8. The average molecular weight is 438 g/mol. The minimum atomic E-state index is -3.05. The fourth-order valence-electron chi connectivity index (χ4n) is 2.50. The molecule has 1 N–H and O–H groups in total. The van der Waals surface area contributed by atoms with Gasteiger partial charge < -0.3 is 14.5 Å². The summed E-state index contributed by atoms with van der Waals surface area (Å²) in [5.74, 6) is -0.383. The van der Waals surface area contributed by atoms with Crippen molar-refractivity contribution in [3.05, 3.63) is 78.2 Å². The normalized spacial score (nSPS) is 12.4. The van der Waals surface area contributed by atoms with Crippen LogP contribution in [0.25, 0.3) is 12.2 Å². The van der Waals surface area contributed by atoms with Crippen LogP contribution in [0.15, 0.2) is 47.3 Å². The van der Waals surface area contributed by atoms with E-state index in [1.165, 1.54) is 31.4 Å². The number of halogens is 3. The number of carbonyl (C=O) groups is 1. The summed E-state index contributed by atoms with van der Waals surface area (Å²) in [6.07, 6.45) is 2.68. The van der Waals surface area contributed by atoms with Crippen molar-refractivity contribution in [2.45, 2.75) is 6.61 Å². The standard InChI is InChI=1S/C20H14ClF2NO4S/c1-27-15-4-2-3-12(18(15)28-20(22)23)9-16-19(26)24-17(29-16)10-14(25)11-5-7-13(21)8-6-11/h2-10,20H,1H3,(H,24,26)/b16-9-,17-10-. The summed E-state index contributed by atoms with van der Waals surface area (Å²) in [5, 5.41) is 0.503. The number of H-pyrrole nitrogens is 1. The van der Waals surface area contributed by atoms with Crippen LogP contribution in [0, 0.1) is 0 Å². The third kappa shape index (κ3) is 5.10. The smallest absolute Gasteiger partial charge is 0.387 e. The average Bonchev–Trinajstić information content (AvgIpc) is 3.02. The molecule has 0 aliphatic heterocycles. The van der Waals surface area contributed by atoms with Gasteiger partial charge in [0.2, 0.25) is 0 Å². The number of alkyl halides is 2. The lowest BCUT2D eigenvalue weighted by atomic mass is 10.1. The Labute approximate surface area is 172 Å². The third-order valence-corrected chi connectivity index (χ3v) is 5.01. The topological polar surface area (TPSA) is 68.4 Å². The van der Waals surface area contributed by atoms with Crippen molar-refractivity contribution >= 4 is 40.9 Å². The van der Waals surface area contributed by atoms with Crippen molar-refractivity contribution < 1.29 is 23.0 Å². The number of benzene rings is 2. The molecule has 3 aromatic rings. The number of ketones is 1. The molecule has 0 saturated heterocycles. The van der Waals surface area contributed by atoms with Crippen LogP contribution in [0.4, 0.5) is 8.78 Å². The summed E-state index contributed by atoms with van der Waals surface area (Å²) in [6.45, 7) is -3.05. The Hall–Kier alpha value is -2.97. The van der Waals surface area contributed by atoms with Gasteiger partial charge in [0.15, 0.2) is 17.3 Å². The van der Waals surface area contributed by atoms with Crippen LogP contribution in [-0.2, 0) is 0 Å². The number of ether oxygens (including phenoxy) is 2. The van der Waals surface area contributed by atoms with E-state index >= 15 is 0 Å². The number of aromatic amines is 1. The van der Waals surface area contributed by atoms with Gasteiger partial charge in [0.25, 0.3) is 5.56 Å². The van der Waals surface area contributed by atoms with Crippen LogP contribution < -0.4 is 24.2 Å². The van der Waals surface area contributed by atoms with Gasteiger partial charge in [-0.25, -0.2) is 0 Å². The minimum Gasteiger partial charge on any atom is -0.493 e. The fraction of sp³-hybridized carbons (Fsp3) is 0.100. The minimum absolute atomic E-state index is 0.108. The highest BCUT2D eigenvalue weighted by Gasteiger charge is 2.14. The van der Waals surface area contributed by atoms with Crippen molar-refractivity contribution in [2.75, 3.05) is 7.11 Å². The Bertz CT molecular complexity index is 1200. The summed E-state index contributed by atoms with van der Waals surface area (Å²) in [4.78, 5) is 27.1. The van der Waals surface area contributed by atoms with E-state index in [1.54, 1.807) is 30.3 Å². The molecule has 2 aromatic carbocycles. The summed E-state index contributed by atoms with van der Waals surface area (Å²) in [7, 11) is 1.32. The molecular weight excluding hydrogens is 424 g/mol. The number of Topliss-reactive ketones (excluding diaryl/α,β-unsaturated/α-hetero) is 1. The van der Waals surface area contributed by atoms with Gasteiger partial charge in [0.05, 0.1) is 16.3 Å². The van der Waals surface area contributed by atoms with E-state index in [0.29, 0.717) is 15.2 Å². The number of thiazole rings is 1. The molecule has 0 bridgehead atoms. The molecule has 0 amide bonds. The Morgan fingerprint density at radius 3 is 2.59 bits per heavy atom. The van der Waals surface area contributed by atoms with Crippen LogP contribution >= 0.6 is 22.9 Å². The van der Waals surface area contributed by atoms with Gasteiger partial charge in [-0.15, -0.1) is 11.3 Å². The first-order chi connectivity index (χ1) is 13.9. The molecule has 0 atom stereocenters. The molecule has 9 heteroatoms. The SMILES string of the molecule is COc1cccc(/C=c2\s/c(=C\C(=O)c3ccc(Cl)cc3)[nH]c2=O)c1OC(F)F. The number of aromatic nitrogens is 1. The predicted molar refractivity (Wildman–Crippen MR) is 108 cm³/mol. The first-order valence-electron chi connectivity index (χ1n) is 8.21. The van der Waals surface area contributed by atoms with E-state index in [1.807, 2.05) is 0 Å². The van der Waals surface area contributed by atoms with Crippen molar-refractivity contribution in [1.82, 2.24) is 4.98 Å². The Morgan fingerprint density at radius 1 is 1.21 bits per heavy atom. The molecule has 1 heterocycles. The second kappa shape index (κ2) is 9.02. The molecule has 150 valence electrons. The number of methoxy groups -OCH3 is 1. The molecule has 0 aliphatic rings. The van der Waals surface area contributed by atoms with E-state index in [4.69, 9.17) is 16.3 Å². The van der Waals surface area contributed by atoms with Crippen LogP contribution in [0.3, 0.4) is 0 Å². The van der Waals surface area contributed by atoms with E-state index in [2.05, 4.69) is 9.72 Å². The number of hydrogen-bond acceptors (Lipinski definition) is 5. The molecule has 1 aromatic heterocycles. The molecule has 0 spiro atoms. The molecular formula is C20H14ClF2NO4S. The van der Waals surface area contributed by atoms with Gasteiger partial charge in [0, 0.05) is 22.2 Å². The van der Waals surface area contributed by atoms with Crippen molar-refractivity contribution in [1.29, 1.82) is 0 Å². The van der Waals surface area contributed by atoms with E-state index in [9.17, 15) is 18.4 Å². The quantitative estimate of drug-likeness (QED) is 0.601. The Balaban J connectivity index is 2.03. The van der Waals surface area contributed by atoms with Gasteiger partial charge in [-0.1, -0.05) is 23.7 Å². The van der Waals surface area contributed by atoms with Crippen molar-refractivity contribution in [3.63, 3.8) is 0 Å². The highest BCUT2D eigenvalue weighted by atomic mass is 35.5. The van der Waals surface area contributed by atoms with Crippen LogP contribution in [0.2, 0.25) is 5.02 Å². The van der Waals surface area contributed by atoms with Gasteiger partial charge >= 0.3 is 6.61 Å². The lowest BCUT2D eigenvalue weighted by Crippen LogP contribution is -2.20. The maximum Gasteiger partial charge on any atom is 0.387 e. The number of hydrogen-bond donors (Lipinski definition) is 1. The second-order valence-corrected chi connectivity index (χ2v) is 7.22. The lowest BCUT2D eigenvalue weighted by Gasteiger charge is -2.12. The Morgan fingerprint density at radius 2 is 1.93 bits per heavy atom. The third-order valence-electron chi connectivity index (χ3n) is 3.79. The Kier molecular flexibility index (Phi) is 6.46. The maximum atomic E-state index is 12.8. The number of carbonyl (C=O) groups excluding carboxylic acids is 1. The lowest BCUT2D eigenvalue weighted by molar-refractivity contribution is -0.0513. The van der Waals surface area contributed by atoms with Gasteiger partial charge in [-0.3, -0.25) is 9.59 Å². The molecule has 5 nitrogen and oxygen atoms in total. The van der Waals surface area contributed by atoms with E-state index < -0.39 is 12.2 Å². The first kappa shape index (κ1) is 20.8.